The fourth-order valence-electron chi connectivity index (χ4n) is 2.76. The molecule has 27 heavy (non-hydrogen) atoms. The molecular formula is C22H27NO4. The summed E-state index contributed by atoms with van der Waals surface area (Å²) in [5, 5.41) is 2.93. The quantitative estimate of drug-likeness (QED) is 0.701. The van der Waals surface area contributed by atoms with Crippen molar-refractivity contribution in [3.8, 4) is 5.75 Å². The van der Waals surface area contributed by atoms with Crippen molar-refractivity contribution in [3.63, 3.8) is 0 Å². The summed E-state index contributed by atoms with van der Waals surface area (Å²) < 4.78 is 10.7. The highest BCUT2D eigenvalue weighted by Crippen LogP contribution is 2.23. The van der Waals surface area contributed by atoms with Crippen molar-refractivity contribution >= 4 is 17.6 Å². The van der Waals surface area contributed by atoms with Crippen molar-refractivity contribution in [1.82, 2.24) is 0 Å². The zero-order chi connectivity index (χ0) is 19.8. The maximum atomic E-state index is 12.5. The number of carbonyl (C=O) groups excluding carboxylic acids is 2. The number of rotatable bonds is 8. The molecule has 1 N–H and O–H groups in total. The van der Waals surface area contributed by atoms with Crippen LogP contribution in [-0.4, -0.2) is 24.6 Å². The molecule has 1 atom stereocenters. The number of anilines is 1. The first kappa shape index (κ1) is 20.5. The number of hydrogen-bond acceptors (Lipinski definition) is 4. The van der Waals surface area contributed by atoms with Crippen LogP contribution in [0, 0.1) is 0 Å². The fraction of sp³-hybridized carbons (Fsp3) is 0.364. The minimum atomic E-state index is -0.904. The number of carbonyl (C=O) groups is 2. The van der Waals surface area contributed by atoms with Gasteiger partial charge in [-0.3, -0.25) is 4.79 Å². The van der Waals surface area contributed by atoms with Crippen molar-refractivity contribution < 1.29 is 19.1 Å². The lowest BCUT2D eigenvalue weighted by Gasteiger charge is -2.18. The average molecular weight is 369 g/mol. The molecule has 2 rings (SSSR count). The van der Waals surface area contributed by atoms with E-state index in [4.69, 9.17) is 9.47 Å². The van der Waals surface area contributed by atoms with E-state index in [9.17, 15) is 9.59 Å². The van der Waals surface area contributed by atoms with Crippen LogP contribution in [0.5, 0.6) is 5.75 Å². The van der Waals surface area contributed by atoms with Gasteiger partial charge in [0.25, 0.3) is 5.91 Å². The molecule has 0 saturated carbocycles. The lowest BCUT2D eigenvalue weighted by molar-refractivity contribution is -0.123. The Morgan fingerprint density at radius 3 is 2.07 bits per heavy atom. The molecule has 0 unspecified atom stereocenters. The van der Waals surface area contributed by atoms with Crippen LogP contribution in [0.4, 0.5) is 5.69 Å². The first-order valence-corrected chi connectivity index (χ1v) is 9.35. The van der Waals surface area contributed by atoms with Crippen LogP contribution in [0.15, 0.2) is 42.5 Å². The van der Waals surface area contributed by atoms with E-state index in [1.54, 1.807) is 31.2 Å². The third-order valence-corrected chi connectivity index (χ3v) is 4.30. The number of amides is 1. The van der Waals surface area contributed by atoms with Crippen molar-refractivity contribution in [1.29, 1.82) is 0 Å². The Hall–Kier alpha value is -2.82. The van der Waals surface area contributed by atoms with Crippen LogP contribution >= 0.6 is 0 Å². The van der Waals surface area contributed by atoms with E-state index < -0.39 is 12.1 Å². The van der Waals surface area contributed by atoms with Gasteiger partial charge in [0, 0.05) is 5.69 Å². The maximum absolute atomic E-state index is 12.5. The average Bonchev–Trinajstić information content (AvgIpc) is 2.68. The summed E-state index contributed by atoms with van der Waals surface area (Å²) in [6.07, 6.45) is 0.715. The summed E-state index contributed by atoms with van der Waals surface area (Å²) in [6.45, 7) is 8.10. The minimum Gasteiger partial charge on any atom is -0.494 e. The molecule has 0 spiro atoms. The first-order chi connectivity index (χ1) is 13.0. The number of hydrogen-bond donors (Lipinski definition) is 1. The Morgan fingerprint density at radius 1 is 0.963 bits per heavy atom. The number of aryl methyl sites for hydroxylation is 2. The van der Waals surface area contributed by atoms with Crippen molar-refractivity contribution in [3.05, 3.63) is 59.2 Å². The molecule has 0 aliphatic heterocycles. The molecule has 0 fully saturated rings. The van der Waals surface area contributed by atoms with E-state index in [1.165, 1.54) is 0 Å². The Balaban J connectivity index is 2.04. The van der Waals surface area contributed by atoms with Crippen LogP contribution < -0.4 is 10.1 Å². The predicted octanol–water partition coefficient (Wildman–Crippen LogP) is 4.39. The van der Waals surface area contributed by atoms with Crippen LogP contribution in [-0.2, 0) is 22.4 Å². The SMILES string of the molecule is CCOc1ccc(C(=O)O[C@H](C)C(=O)Nc2c(CC)cccc2CC)cc1. The van der Waals surface area contributed by atoms with E-state index in [0.29, 0.717) is 17.9 Å². The Bertz CT molecular complexity index is 761. The molecule has 2 aromatic rings. The zero-order valence-corrected chi connectivity index (χ0v) is 16.4. The van der Waals surface area contributed by atoms with Gasteiger partial charge in [-0.05, 0) is 62.1 Å². The van der Waals surface area contributed by atoms with Crippen LogP contribution in [0.2, 0.25) is 0 Å². The summed E-state index contributed by atoms with van der Waals surface area (Å²) in [7, 11) is 0. The van der Waals surface area contributed by atoms with Gasteiger partial charge >= 0.3 is 5.97 Å². The molecule has 0 heterocycles. The molecule has 0 aliphatic rings. The summed E-state index contributed by atoms with van der Waals surface area (Å²) >= 11 is 0. The number of para-hydroxylation sites is 1. The van der Waals surface area contributed by atoms with Gasteiger partial charge < -0.3 is 14.8 Å². The number of ether oxygens (including phenoxy) is 2. The molecule has 5 heteroatoms. The Labute approximate surface area is 160 Å². The van der Waals surface area contributed by atoms with E-state index in [2.05, 4.69) is 5.32 Å². The second kappa shape index (κ2) is 9.76. The Kier molecular flexibility index (Phi) is 7.41. The third-order valence-electron chi connectivity index (χ3n) is 4.30. The van der Waals surface area contributed by atoms with E-state index in [1.807, 2.05) is 39.0 Å². The highest BCUT2D eigenvalue weighted by atomic mass is 16.5. The monoisotopic (exact) mass is 369 g/mol. The standard InChI is InChI=1S/C22H27NO4/c1-5-16-9-8-10-17(6-2)20(16)23-21(24)15(4)27-22(25)18-11-13-19(14-12-18)26-7-3/h8-15H,5-7H2,1-4H3,(H,23,24)/t15-/m1/s1. The molecule has 1 amide bonds. The summed E-state index contributed by atoms with van der Waals surface area (Å²) in [6, 6.07) is 12.6. The zero-order valence-electron chi connectivity index (χ0n) is 16.4. The molecule has 0 radical (unpaired) electrons. The Morgan fingerprint density at radius 2 is 1.56 bits per heavy atom. The normalized spacial score (nSPS) is 11.6. The lowest BCUT2D eigenvalue weighted by Crippen LogP contribution is -2.30. The van der Waals surface area contributed by atoms with Crippen molar-refractivity contribution in [2.24, 2.45) is 0 Å². The van der Waals surface area contributed by atoms with Gasteiger partial charge in [0.1, 0.15) is 5.75 Å². The van der Waals surface area contributed by atoms with Gasteiger partial charge in [-0.25, -0.2) is 4.79 Å². The molecule has 0 bridgehead atoms. The van der Waals surface area contributed by atoms with Crippen LogP contribution in [0.3, 0.4) is 0 Å². The molecule has 0 aliphatic carbocycles. The highest BCUT2D eigenvalue weighted by molar-refractivity contribution is 5.98. The van der Waals surface area contributed by atoms with Gasteiger partial charge in [0.15, 0.2) is 6.10 Å². The van der Waals surface area contributed by atoms with Crippen LogP contribution in [0.1, 0.15) is 49.2 Å². The minimum absolute atomic E-state index is 0.343. The maximum Gasteiger partial charge on any atom is 0.338 e. The summed E-state index contributed by atoms with van der Waals surface area (Å²) in [5.41, 5.74) is 3.32. The number of benzene rings is 2. The molecule has 0 saturated heterocycles. The molecule has 2 aromatic carbocycles. The lowest BCUT2D eigenvalue weighted by atomic mass is 10.0. The van der Waals surface area contributed by atoms with E-state index in [0.717, 1.165) is 29.7 Å². The summed E-state index contributed by atoms with van der Waals surface area (Å²) in [4.78, 5) is 24.8. The highest BCUT2D eigenvalue weighted by Gasteiger charge is 2.20. The number of nitrogens with one attached hydrogen (secondary N) is 1. The van der Waals surface area contributed by atoms with Crippen LogP contribution in [0.25, 0.3) is 0 Å². The molecule has 0 aromatic heterocycles. The van der Waals surface area contributed by atoms with E-state index >= 15 is 0 Å². The second-order valence-electron chi connectivity index (χ2n) is 6.15. The summed E-state index contributed by atoms with van der Waals surface area (Å²) in [5.74, 6) is -0.201. The van der Waals surface area contributed by atoms with Crippen molar-refractivity contribution in [2.75, 3.05) is 11.9 Å². The van der Waals surface area contributed by atoms with Crippen molar-refractivity contribution in [2.45, 2.75) is 46.6 Å². The molecular weight excluding hydrogens is 342 g/mol. The predicted molar refractivity (Wildman–Crippen MR) is 106 cm³/mol. The topological polar surface area (TPSA) is 64.6 Å². The van der Waals surface area contributed by atoms with Gasteiger partial charge in [-0.15, -0.1) is 0 Å². The van der Waals surface area contributed by atoms with Gasteiger partial charge in [0.05, 0.1) is 12.2 Å². The van der Waals surface area contributed by atoms with E-state index in [-0.39, 0.29) is 5.91 Å². The number of esters is 1. The van der Waals surface area contributed by atoms with Gasteiger partial charge in [-0.2, -0.15) is 0 Å². The van der Waals surface area contributed by atoms with Gasteiger partial charge in [0.2, 0.25) is 0 Å². The molecule has 144 valence electrons. The third kappa shape index (κ3) is 5.33. The van der Waals surface area contributed by atoms with Gasteiger partial charge in [-0.1, -0.05) is 32.0 Å². The first-order valence-electron chi connectivity index (χ1n) is 9.35. The fourth-order valence-corrected chi connectivity index (χ4v) is 2.76. The largest absolute Gasteiger partial charge is 0.494 e. The molecule has 5 nitrogen and oxygen atoms in total. The second-order valence-corrected chi connectivity index (χ2v) is 6.15. The smallest absolute Gasteiger partial charge is 0.338 e.